The zero-order valence-electron chi connectivity index (χ0n) is 10.5. The van der Waals surface area contributed by atoms with Gasteiger partial charge in [-0.3, -0.25) is 4.79 Å². The smallest absolute Gasteiger partial charge is 0.374 e. The van der Waals surface area contributed by atoms with Gasteiger partial charge in [-0.25, -0.2) is 4.79 Å². The Morgan fingerprint density at radius 2 is 2.10 bits per heavy atom. The van der Waals surface area contributed by atoms with E-state index in [-0.39, 0.29) is 17.5 Å². The van der Waals surface area contributed by atoms with Gasteiger partial charge in [0.1, 0.15) is 0 Å². The molecule has 2 aromatic rings. The molecule has 2 N–H and O–H groups in total. The fourth-order valence-corrected chi connectivity index (χ4v) is 1.96. The Morgan fingerprint density at radius 1 is 1.40 bits per heavy atom. The van der Waals surface area contributed by atoms with Crippen molar-refractivity contribution in [2.45, 2.75) is 13.0 Å². The Morgan fingerprint density at radius 3 is 2.70 bits per heavy atom. The summed E-state index contributed by atoms with van der Waals surface area (Å²) in [5.41, 5.74) is 0.658. The number of rotatable bonds is 4. The number of hydrogen-bond acceptors (Lipinski definition) is 4. The average molecular weight is 295 g/mol. The van der Waals surface area contributed by atoms with Crippen LogP contribution in [0.15, 0.2) is 34.9 Å². The minimum atomic E-state index is -1.28. The van der Waals surface area contributed by atoms with E-state index >= 15 is 0 Å². The zero-order chi connectivity index (χ0) is 14.7. The Labute approximate surface area is 119 Å². The Kier molecular flexibility index (Phi) is 4.05. The second kappa shape index (κ2) is 5.75. The number of aromatic carboxylic acids is 1. The molecule has 6 nitrogen and oxygen atoms in total. The number of hydrogen-bond donors (Lipinski definition) is 2. The molecule has 1 amide bonds. The molecule has 1 unspecified atom stereocenters. The van der Waals surface area contributed by atoms with Gasteiger partial charge in [0.05, 0.1) is 6.04 Å². The highest BCUT2D eigenvalue weighted by Crippen LogP contribution is 2.22. The zero-order valence-corrected chi connectivity index (χ0v) is 11.2. The van der Waals surface area contributed by atoms with Crippen LogP contribution < -0.4 is 5.32 Å². The Hall–Kier alpha value is -2.34. The van der Waals surface area contributed by atoms with Gasteiger partial charge < -0.3 is 14.9 Å². The van der Waals surface area contributed by atoms with Crippen molar-refractivity contribution in [1.29, 1.82) is 0 Å². The molecule has 7 heteroatoms. The lowest BCUT2D eigenvalue weighted by Crippen LogP contribution is -2.27. The largest absolute Gasteiger partial charge is 0.475 e. The van der Waals surface area contributed by atoms with Crippen molar-refractivity contribution < 1.29 is 19.2 Å². The van der Waals surface area contributed by atoms with Gasteiger partial charge in [0, 0.05) is 11.1 Å². The van der Waals surface area contributed by atoms with Crippen molar-refractivity contribution >= 4 is 23.5 Å². The van der Waals surface area contributed by atoms with Crippen LogP contribution in [0.3, 0.4) is 0 Å². The maximum absolute atomic E-state index is 11.9. The summed E-state index contributed by atoms with van der Waals surface area (Å²) in [6, 6.07) is 7.83. The van der Waals surface area contributed by atoms with Crippen LogP contribution in [-0.4, -0.2) is 22.1 Å². The second-order valence-corrected chi connectivity index (χ2v) is 4.51. The number of halogens is 1. The SMILES string of the molecule is CC(NC(=O)c1cc(C(=O)O)on1)c1ccccc1Cl. The standard InChI is InChI=1S/C13H11ClN2O4/c1-7(8-4-2-3-5-9(8)14)15-12(17)10-6-11(13(18)19)20-16-10/h2-7H,1H3,(H,15,17)(H,18,19). The number of nitrogens with one attached hydrogen (secondary N) is 1. The Bertz CT molecular complexity index is 653. The summed E-state index contributed by atoms with van der Waals surface area (Å²) in [6.45, 7) is 1.76. The van der Waals surface area contributed by atoms with Crippen LogP contribution in [-0.2, 0) is 0 Å². The molecule has 1 atom stereocenters. The van der Waals surface area contributed by atoms with Crippen molar-refractivity contribution in [3.8, 4) is 0 Å². The molecular formula is C13H11ClN2O4. The van der Waals surface area contributed by atoms with E-state index in [1.165, 1.54) is 0 Å². The molecule has 1 aromatic heterocycles. The minimum Gasteiger partial charge on any atom is -0.475 e. The topological polar surface area (TPSA) is 92.4 Å². The summed E-state index contributed by atoms with van der Waals surface area (Å²) in [7, 11) is 0. The highest BCUT2D eigenvalue weighted by atomic mass is 35.5. The normalized spacial score (nSPS) is 11.9. The molecule has 0 radical (unpaired) electrons. The maximum Gasteiger partial charge on any atom is 0.374 e. The quantitative estimate of drug-likeness (QED) is 0.904. The average Bonchev–Trinajstić information content (AvgIpc) is 2.88. The van der Waals surface area contributed by atoms with Gasteiger partial charge in [0.2, 0.25) is 5.76 Å². The van der Waals surface area contributed by atoms with Crippen molar-refractivity contribution in [3.05, 3.63) is 52.4 Å². The molecular weight excluding hydrogens is 284 g/mol. The van der Waals surface area contributed by atoms with Crippen LogP contribution >= 0.6 is 11.6 Å². The van der Waals surface area contributed by atoms with Gasteiger partial charge in [-0.2, -0.15) is 0 Å². The molecule has 0 aliphatic heterocycles. The molecule has 0 aliphatic rings. The fraction of sp³-hybridized carbons (Fsp3) is 0.154. The van der Waals surface area contributed by atoms with E-state index in [1.807, 2.05) is 6.07 Å². The molecule has 0 saturated heterocycles. The highest BCUT2D eigenvalue weighted by molar-refractivity contribution is 6.31. The molecule has 1 aromatic carbocycles. The van der Waals surface area contributed by atoms with Crippen LogP contribution in [0.4, 0.5) is 0 Å². The molecule has 0 aliphatic carbocycles. The number of aromatic nitrogens is 1. The van der Waals surface area contributed by atoms with Crippen LogP contribution in [0.1, 0.15) is 39.6 Å². The first-order chi connectivity index (χ1) is 9.49. The van der Waals surface area contributed by atoms with E-state index < -0.39 is 11.9 Å². The van der Waals surface area contributed by atoms with Crippen molar-refractivity contribution in [2.24, 2.45) is 0 Å². The molecule has 0 bridgehead atoms. The predicted octanol–water partition coefficient (Wildman–Crippen LogP) is 2.52. The van der Waals surface area contributed by atoms with Crippen LogP contribution in [0, 0.1) is 0 Å². The number of carbonyl (C=O) groups is 2. The molecule has 1 heterocycles. The lowest BCUT2D eigenvalue weighted by molar-refractivity contribution is 0.0651. The number of carboxylic acids is 1. The van der Waals surface area contributed by atoms with Crippen LogP contribution in [0.5, 0.6) is 0 Å². The van der Waals surface area contributed by atoms with E-state index in [0.29, 0.717) is 5.02 Å². The Balaban J connectivity index is 2.11. The van der Waals surface area contributed by atoms with Crippen molar-refractivity contribution in [3.63, 3.8) is 0 Å². The third-order valence-corrected chi connectivity index (χ3v) is 3.02. The summed E-state index contributed by atoms with van der Waals surface area (Å²) in [6.07, 6.45) is 0. The first kappa shape index (κ1) is 14.1. The van der Waals surface area contributed by atoms with Crippen LogP contribution in [0.2, 0.25) is 5.02 Å². The number of nitrogens with zero attached hydrogens (tertiary/aromatic N) is 1. The third kappa shape index (κ3) is 2.97. The van der Waals surface area contributed by atoms with Gasteiger partial charge >= 0.3 is 5.97 Å². The molecule has 0 fully saturated rings. The second-order valence-electron chi connectivity index (χ2n) is 4.10. The summed E-state index contributed by atoms with van der Waals surface area (Å²) in [5.74, 6) is -2.20. The van der Waals surface area contributed by atoms with Crippen molar-refractivity contribution in [2.75, 3.05) is 0 Å². The van der Waals surface area contributed by atoms with Gasteiger partial charge in [-0.1, -0.05) is 35.0 Å². The third-order valence-electron chi connectivity index (χ3n) is 2.67. The number of carbonyl (C=O) groups excluding carboxylic acids is 1. The van der Waals surface area contributed by atoms with Gasteiger partial charge in [0.25, 0.3) is 5.91 Å². The first-order valence-corrected chi connectivity index (χ1v) is 6.12. The molecule has 0 spiro atoms. The lowest BCUT2D eigenvalue weighted by Gasteiger charge is -2.14. The van der Waals surface area contributed by atoms with Gasteiger partial charge in [-0.05, 0) is 18.6 Å². The number of amides is 1. The van der Waals surface area contributed by atoms with Crippen LogP contribution in [0.25, 0.3) is 0 Å². The van der Waals surface area contributed by atoms with E-state index in [0.717, 1.165) is 11.6 Å². The number of benzene rings is 1. The van der Waals surface area contributed by atoms with E-state index in [2.05, 4.69) is 15.0 Å². The molecule has 104 valence electrons. The van der Waals surface area contributed by atoms with Gasteiger partial charge in [0.15, 0.2) is 5.69 Å². The van der Waals surface area contributed by atoms with E-state index in [9.17, 15) is 9.59 Å². The van der Waals surface area contributed by atoms with E-state index in [1.54, 1.807) is 25.1 Å². The predicted molar refractivity (Wildman–Crippen MR) is 70.8 cm³/mol. The monoisotopic (exact) mass is 294 g/mol. The highest BCUT2D eigenvalue weighted by Gasteiger charge is 2.19. The molecule has 20 heavy (non-hydrogen) atoms. The maximum atomic E-state index is 11.9. The van der Waals surface area contributed by atoms with Crippen molar-refractivity contribution in [1.82, 2.24) is 10.5 Å². The first-order valence-electron chi connectivity index (χ1n) is 5.74. The summed E-state index contributed by atoms with van der Waals surface area (Å²) in [4.78, 5) is 22.5. The number of carboxylic acid groups (broad SMARTS) is 1. The summed E-state index contributed by atoms with van der Waals surface area (Å²) in [5, 5.41) is 15.3. The summed E-state index contributed by atoms with van der Waals surface area (Å²) < 4.78 is 4.52. The lowest BCUT2D eigenvalue weighted by atomic mass is 10.1. The molecule has 0 saturated carbocycles. The summed E-state index contributed by atoms with van der Waals surface area (Å²) >= 11 is 6.03. The van der Waals surface area contributed by atoms with Gasteiger partial charge in [-0.15, -0.1) is 0 Å². The fourth-order valence-electron chi connectivity index (χ4n) is 1.66. The minimum absolute atomic E-state index is 0.0960. The van der Waals surface area contributed by atoms with E-state index in [4.69, 9.17) is 16.7 Å². The molecule has 2 rings (SSSR count).